The highest BCUT2D eigenvalue weighted by atomic mass is 32.1. The monoisotopic (exact) mass is 467 g/mol. The van der Waals surface area contributed by atoms with E-state index in [1.807, 2.05) is 23.1 Å². The summed E-state index contributed by atoms with van der Waals surface area (Å²) in [7, 11) is 0. The summed E-state index contributed by atoms with van der Waals surface area (Å²) < 4.78 is 5.68. The van der Waals surface area contributed by atoms with Gasteiger partial charge in [-0.3, -0.25) is 14.9 Å². The van der Waals surface area contributed by atoms with E-state index in [1.54, 1.807) is 30.3 Å². The molecule has 2 amide bonds. The first kappa shape index (κ1) is 24.7. The quantitative estimate of drug-likeness (QED) is 0.402. The van der Waals surface area contributed by atoms with E-state index >= 15 is 0 Å². The molecule has 6 nitrogen and oxygen atoms in total. The molecule has 3 rings (SSSR count). The van der Waals surface area contributed by atoms with Gasteiger partial charge >= 0.3 is 0 Å². The number of unbranched alkanes of at least 4 members (excludes halogenated alkanes) is 2. The summed E-state index contributed by atoms with van der Waals surface area (Å²) in [5.74, 6) is 0.476. The fraction of sp³-hybridized carbons (Fsp3) is 0.423. The number of anilines is 1. The van der Waals surface area contributed by atoms with E-state index in [-0.39, 0.29) is 16.9 Å². The Morgan fingerprint density at radius 1 is 0.970 bits per heavy atom. The van der Waals surface area contributed by atoms with Crippen LogP contribution in [-0.2, 0) is 0 Å². The van der Waals surface area contributed by atoms with E-state index in [9.17, 15) is 9.59 Å². The number of hydrogen-bond donors (Lipinski definition) is 2. The SMILES string of the molecule is CCCCCOc1ccc(C(=O)NC(=S)Nc2cccc(C(=O)N3CCCCCC3)c2)cc1. The number of carbonyl (C=O) groups is 2. The summed E-state index contributed by atoms with van der Waals surface area (Å²) in [5, 5.41) is 5.88. The van der Waals surface area contributed by atoms with Crippen molar-refractivity contribution in [3.63, 3.8) is 0 Å². The van der Waals surface area contributed by atoms with E-state index in [1.165, 1.54) is 12.8 Å². The largest absolute Gasteiger partial charge is 0.494 e. The van der Waals surface area contributed by atoms with Crippen molar-refractivity contribution in [2.24, 2.45) is 0 Å². The highest BCUT2D eigenvalue weighted by molar-refractivity contribution is 7.80. The Morgan fingerprint density at radius 2 is 1.70 bits per heavy atom. The van der Waals surface area contributed by atoms with Crippen molar-refractivity contribution < 1.29 is 14.3 Å². The van der Waals surface area contributed by atoms with Crippen molar-refractivity contribution in [3.05, 3.63) is 59.7 Å². The first-order chi connectivity index (χ1) is 16.1. The minimum absolute atomic E-state index is 0.0347. The van der Waals surface area contributed by atoms with Gasteiger partial charge in [-0.05, 0) is 73.9 Å². The Morgan fingerprint density at radius 3 is 2.39 bits per heavy atom. The van der Waals surface area contributed by atoms with Gasteiger partial charge in [-0.1, -0.05) is 38.7 Å². The van der Waals surface area contributed by atoms with Crippen molar-refractivity contribution in [1.29, 1.82) is 0 Å². The molecule has 1 heterocycles. The third-order valence-corrected chi connectivity index (χ3v) is 5.82. The van der Waals surface area contributed by atoms with Gasteiger partial charge in [0.1, 0.15) is 5.75 Å². The highest BCUT2D eigenvalue weighted by Crippen LogP contribution is 2.17. The van der Waals surface area contributed by atoms with Crippen LogP contribution in [0.4, 0.5) is 5.69 Å². The Labute approximate surface area is 201 Å². The summed E-state index contributed by atoms with van der Waals surface area (Å²) >= 11 is 5.31. The fourth-order valence-corrected chi connectivity index (χ4v) is 3.98. The second kappa shape index (κ2) is 12.9. The second-order valence-corrected chi connectivity index (χ2v) is 8.68. The van der Waals surface area contributed by atoms with Crippen LogP contribution in [0.5, 0.6) is 5.75 Å². The van der Waals surface area contributed by atoms with E-state index < -0.39 is 0 Å². The predicted molar refractivity (Wildman–Crippen MR) is 136 cm³/mol. The number of thiocarbonyl (C=S) groups is 1. The number of rotatable bonds is 8. The molecule has 0 bridgehead atoms. The highest BCUT2D eigenvalue weighted by Gasteiger charge is 2.17. The molecule has 0 radical (unpaired) electrons. The van der Waals surface area contributed by atoms with Crippen LogP contribution in [0, 0.1) is 0 Å². The minimum Gasteiger partial charge on any atom is -0.494 e. The Hall–Kier alpha value is -2.93. The second-order valence-electron chi connectivity index (χ2n) is 8.28. The number of nitrogens with one attached hydrogen (secondary N) is 2. The molecule has 0 saturated carbocycles. The summed E-state index contributed by atoms with van der Waals surface area (Å²) in [5.41, 5.74) is 1.77. The Balaban J connectivity index is 1.52. The standard InChI is InChI=1S/C26H33N3O3S/c1-2-3-8-18-32-23-14-12-20(13-15-23)24(30)28-26(33)27-22-11-9-10-21(19-22)25(31)29-16-6-4-5-7-17-29/h9-15,19H,2-8,16-18H2,1H3,(H2,27,28,30,33). The summed E-state index contributed by atoms with van der Waals surface area (Å²) in [4.78, 5) is 27.3. The third-order valence-electron chi connectivity index (χ3n) is 5.62. The van der Waals surface area contributed by atoms with Crippen molar-refractivity contribution in [2.45, 2.75) is 51.9 Å². The van der Waals surface area contributed by atoms with Gasteiger partial charge in [0.05, 0.1) is 6.61 Å². The number of likely N-dealkylation sites (tertiary alicyclic amines) is 1. The van der Waals surface area contributed by atoms with Crippen LogP contribution >= 0.6 is 12.2 Å². The maximum Gasteiger partial charge on any atom is 0.257 e. The number of carbonyl (C=O) groups excluding carboxylic acids is 2. The van der Waals surface area contributed by atoms with E-state index in [0.29, 0.717) is 23.4 Å². The molecule has 7 heteroatoms. The molecule has 2 aromatic rings. The lowest BCUT2D eigenvalue weighted by atomic mass is 10.1. The van der Waals surface area contributed by atoms with Crippen LogP contribution in [0.15, 0.2) is 48.5 Å². The molecule has 0 aliphatic carbocycles. The van der Waals surface area contributed by atoms with Crippen LogP contribution in [0.2, 0.25) is 0 Å². The Kier molecular flexibility index (Phi) is 9.69. The smallest absolute Gasteiger partial charge is 0.257 e. The molecule has 176 valence electrons. The molecule has 1 saturated heterocycles. The molecule has 1 fully saturated rings. The average molecular weight is 468 g/mol. The molecular formula is C26H33N3O3S. The van der Waals surface area contributed by atoms with Gasteiger partial charge < -0.3 is 15.0 Å². The van der Waals surface area contributed by atoms with Crippen molar-refractivity contribution >= 4 is 34.8 Å². The lowest BCUT2D eigenvalue weighted by Crippen LogP contribution is -2.34. The van der Waals surface area contributed by atoms with Crippen LogP contribution in [0.3, 0.4) is 0 Å². The summed E-state index contributed by atoms with van der Waals surface area (Å²) in [6, 6.07) is 14.2. The molecule has 33 heavy (non-hydrogen) atoms. The number of nitrogens with zero attached hydrogens (tertiary/aromatic N) is 1. The predicted octanol–water partition coefficient (Wildman–Crippen LogP) is 5.40. The summed E-state index contributed by atoms with van der Waals surface area (Å²) in [6.07, 6.45) is 7.75. The molecule has 2 N–H and O–H groups in total. The van der Waals surface area contributed by atoms with Gasteiger partial charge in [0, 0.05) is 29.9 Å². The van der Waals surface area contributed by atoms with E-state index in [4.69, 9.17) is 17.0 Å². The molecule has 0 atom stereocenters. The number of amides is 2. The first-order valence-corrected chi connectivity index (χ1v) is 12.2. The van der Waals surface area contributed by atoms with Gasteiger partial charge in [0.15, 0.2) is 5.11 Å². The molecule has 0 spiro atoms. The zero-order chi connectivity index (χ0) is 23.5. The molecular weight excluding hydrogens is 434 g/mol. The zero-order valence-corrected chi connectivity index (χ0v) is 20.1. The molecule has 1 aliphatic heterocycles. The number of hydrogen-bond acceptors (Lipinski definition) is 4. The van der Waals surface area contributed by atoms with Gasteiger partial charge in [-0.2, -0.15) is 0 Å². The van der Waals surface area contributed by atoms with Crippen LogP contribution in [-0.4, -0.2) is 41.5 Å². The van der Waals surface area contributed by atoms with E-state index in [2.05, 4.69) is 17.6 Å². The lowest BCUT2D eigenvalue weighted by molar-refractivity contribution is 0.0761. The van der Waals surface area contributed by atoms with Crippen LogP contribution in [0.25, 0.3) is 0 Å². The zero-order valence-electron chi connectivity index (χ0n) is 19.3. The molecule has 0 unspecified atom stereocenters. The van der Waals surface area contributed by atoms with E-state index in [0.717, 1.165) is 50.9 Å². The first-order valence-electron chi connectivity index (χ1n) is 11.8. The molecule has 2 aromatic carbocycles. The lowest BCUT2D eigenvalue weighted by Gasteiger charge is -2.20. The fourth-order valence-electron chi connectivity index (χ4n) is 3.77. The van der Waals surface area contributed by atoms with Crippen molar-refractivity contribution in [3.8, 4) is 5.75 Å². The number of ether oxygens (including phenoxy) is 1. The van der Waals surface area contributed by atoms with Crippen molar-refractivity contribution in [1.82, 2.24) is 10.2 Å². The van der Waals surface area contributed by atoms with Gasteiger partial charge in [0.2, 0.25) is 0 Å². The average Bonchev–Trinajstić information content (AvgIpc) is 3.11. The van der Waals surface area contributed by atoms with Gasteiger partial charge in [0.25, 0.3) is 11.8 Å². The maximum atomic E-state index is 12.9. The van der Waals surface area contributed by atoms with Crippen LogP contribution < -0.4 is 15.4 Å². The van der Waals surface area contributed by atoms with Gasteiger partial charge in [-0.25, -0.2) is 0 Å². The third kappa shape index (κ3) is 7.86. The molecule has 0 aromatic heterocycles. The number of benzene rings is 2. The van der Waals surface area contributed by atoms with Crippen molar-refractivity contribution in [2.75, 3.05) is 25.0 Å². The normalized spacial score (nSPS) is 13.7. The topological polar surface area (TPSA) is 70.7 Å². The van der Waals surface area contributed by atoms with Gasteiger partial charge in [-0.15, -0.1) is 0 Å². The molecule has 1 aliphatic rings. The summed E-state index contributed by atoms with van der Waals surface area (Å²) in [6.45, 7) is 4.42. The Bertz CT molecular complexity index is 938. The van der Waals surface area contributed by atoms with Crippen LogP contribution in [0.1, 0.15) is 72.6 Å². The minimum atomic E-state index is -0.304. The maximum absolute atomic E-state index is 12.9.